The van der Waals surface area contributed by atoms with Crippen molar-refractivity contribution in [1.82, 2.24) is 5.32 Å². The average Bonchev–Trinajstić information content (AvgIpc) is 2.64. The van der Waals surface area contributed by atoms with E-state index in [1.165, 1.54) is 25.7 Å². The Morgan fingerprint density at radius 1 is 1.47 bits per heavy atom. The Bertz CT molecular complexity index is 277. The molecule has 0 radical (unpaired) electrons. The fourth-order valence-electron chi connectivity index (χ4n) is 2.34. The van der Waals surface area contributed by atoms with Gasteiger partial charge in [-0.2, -0.15) is 0 Å². The zero-order chi connectivity index (χ0) is 10.7. The van der Waals surface area contributed by atoms with Gasteiger partial charge in [0.1, 0.15) is 5.76 Å². The maximum absolute atomic E-state index is 5.38. The number of nitrogens with one attached hydrogen (secondary N) is 1. The van der Waals surface area contributed by atoms with Gasteiger partial charge in [0.05, 0.1) is 12.3 Å². The SMILES string of the molecule is CC(CC1CCC1)NC(C)c1ccco1. The Balaban J connectivity index is 1.75. The lowest BCUT2D eigenvalue weighted by molar-refractivity contribution is 0.255. The summed E-state index contributed by atoms with van der Waals surface area (Å²) in [5.74, 6) is 2.01. The van der Waals surface area contributed by atoms with Crippen LogP contribution in [0.5, 0.6) is 0 Å². The summed E-state index contributed by atoms with van der Waals surface area (Å²) < 4.78 is 5.38. The summed E-state index contributed by atoms with van der Waals surface area (Å²) in [4.78, 5) is 0. The lowest BCUT2D eigenvalue weighted by atomic mass is 9.81. The molecule has 1 N–H and O–H groups in total. The molecule has 0 aromatic carbocycles. The fraction of sp³-hybridized carbons (Fsp3) is 0.692. The van der Waals surface area contributed by atoms with Gasteiger partial charge in [-0.25, -0.2) is 0 Å². The van der Waals surface area contributed by atoms with Crippen LogP contribution in [0.25, 0.3) is 0 Å². The van der Waals surface area contributed by atoms with Gasteiger partial charge in [0.25, 0.3) is 0 Å². The monoisotopic (exact) mass is 207 g/mol. The van der Waals surface area contributed by atoms with Crippen molar-refractivity contribution in [2.24, 2.45) is 5.92 Å². The van der Waals surface area contributed by atoms with Crippen LogP contribution < -0.4 is 5.32 Å². The van der Waals surface area contributed by atoms with E-state index in [4.69, 9.17) is 4.42 Å². The van der Waals surface area contributed by atoms with E-state index in [0.717, 1.165) is 11.7 Å². The van der Waals surface area contributed by atoms with Gasteiger partial charge in [0, 0.05) is 6.04 Å². The predicted molar refractivity (Wildman–Crippen MR) is 61.7 cm³/mol. The lowest BCUT2D eigenvalue weighted by Gasteiger charge is -2.29. The zero-order valence-electron chi connectivity index (χ0n) is 9.70. The highest BCUT2D eigenvalue weighted by molar-refractivity contribution is 5.03. The number of rotatable bonds is 5. The molecular formula is C13H21NO. The molecule has 2 atom stereocenters. The van der Waals surface area contributed by atoms with Gasteiger partial charge in [-0.1, -0.05) is 19.3 Å². The van der Waals surface area contributed by atoms with Crippen LogP contribution in [0.2, 0.25) is 0 Å². The second kappa shape index (κ2) is 4.84. The summed E-state index contributed by atoms with van der Waals surface area (Å²) in [6.07, 6.45) is 7.35. The van der Waals surface area contributed by atoms with E-state index >= 15 is 0 Å². The van der Waals surface area contributed by atoms with Gasteiger partial charge in [-0.05, 0) is 38.3 Å². The van der Waals surface area contributed by atoms with Gasteiger partial charge in [0.2, 0.25) is 0 Å². The summed E-state index contributed by atoms with van der Waals surface area (Å²) >= 11 is 0. The lowest BCUT2D eigenvalue weighted by Crippen LogP contribution is -2.32. The van der Waals surface area contributed by atoms with E-state index in [2.05, 4.69) is 19.2 Å². The van der Waals surface area contributed by atoms with Crippen molar-refractivity contribution in [2.45, 2.75) is 51.6 Å². The maximum Gasteiger partial charge on any atom is 0.120 e. The molecule has 2 nitrogen and oxygen atoms in total. The van der Waals surface area contributed by atoms with Crippen molar-refractivity contribution in [1.29, 1.82) is 0 Å². The number of hydrogen-bond donors (Lipinski definition) is 1. The first kappa shape index (κ1) is 10.7. The van der Waals surface area contributed by atoms with E-state index in [1.807, 2.05) is 12.1 Å². The largest absolute Gasteiger partial charge is 0.468 e. The minimum Gasteiger partial charge on any atom is -0.468 e. The van der Waals surface area contributed by atoms with Crippen LogP contribution in [-0.4, -0.2) is 6.04 Å². The molecule has 0 amide bonds. The van der Waals surface area contributed by atoms with Crippen molar-refractivity contribution in [3.8, 4) is 0 Å². The van der Waals surface area contributed by atoms with E-state index < -0.39 is 0 Å². The van der Waals surface area contributed by atoms with E-state index in [-0.39, 0.29) is 0 Å². The van der Waals surface area contributed by atoms with Crippen molar-refractivity contribution in [3.63, 3.8) is 0 Å². The molecule has 1 aliphatic carbocycles. The molecule has 1 aromatic heterocycles. The minimum absolute atomic E-state index is 0.329. The Labute approximate surface area is 92.1 Å². The van der Waals surface area contributed by atoms with Crippen LogP contribution in [-0.2, 0) is 0 Å². The predicted octanol–water partition coefficient (Wildman–Crippen LogP) is 3.51. The third-order valence-electron chi connectivity index (χ3n) is 3.42. The van der Waals surface area contributed by atoms with E-state index in [0.29, 0.717) is 12.1 Å². The van der Waals surface area contributed by atoms with Gasteiger partial charge >= 0.3 is 0 Å². The Kier molecular flexibility index (Phi) is 3.47. The standard InChI is InChI=1S/C13H21NO/c1-10(9-12-5-3-6-12)14-11(2)13-7-4-8-15-13/h4,7-8,10-12,14H,3,5-6,9H2,1-2H3. The molecule has 0 aliphatic heterocycles. The van der Waals surface area contributed by atoms with Gasteiger partial charge in [0.15, 0.2) is 0 Å². The average molecular weight is 207 g/mol. The van der Waals surface area contributed by atoms with Gasteiger partial charge in [-0.15, -0.1) is 0 Å². The molecule has 15 heavy (non-hydrogen) atoms. The first-order valence-corrected chi connectivity index (χ1v) is 6.05. The Morgan fingerprint density at radius 3 is 2.80 bits per heavy atom. The first-order valence-electron chi connectivity index (χ1n) is 6.05. The normalized spacial score (nSPS) is 20.9. The molecule has 1 aliphatic rings. The highest BCUT2D eigenvalue weighted by Crippen LogP contribution is 2.30. The molecule has 2 heteroatoms. The van der Waals surface area contributed by atoms with Crippen molar-refractivity contribution >= 4 is 0 Å². The quantitative estimate of drug-likeness (QED) is 0.799. The molecule has 1 heterocycles. The third kappa shape index (κ3) is 2.85. The second-order valence-corrected chi connectivity index (χ2v) is 4.84. The molecule has 2 unspecified atom stereocenters. The Morgan fingerprint density at radius 2 is 2.27 bits per heavy atom. The molecule has 0 bridgehead atoms. The van der Waals surface area contributed by atoms with E-state index in [9.17, 15) is 0 Å². The molecule has 1 saturated carbocycles. The van der Waals surface area contributed by atoms with Gasteiger partial charge < -0.3 is 9.73 Å². The van der Waals surface area contributed by atoms with Crippen molar-refractivity contribution < 1.29 is 4.42 Å². The molecule has 0 saturated heterocycles. The van der Waals surface area contributed by atoms with Crippen LogP contribution in [0.4, 0.5) is 0 Å². The van der Waals surface area contributed by atoms with Crippen LogP contribution in [0.1, 0.15) is 51.3 Å². The molecule has 1 fully saturated rings. The summed E-state index contributed by atoms with van der Waals surface area (Å²) in [6, 6.07) is 4.91. The van der Waals surface area contributed by atoms with Crippen LogP contribution >= 0.6 is 0 Å². The molecular weight excluding hydrogens is 186 g/mol. The topological polar surface area (TPSA) is 25.2 Å². The van der Waals surface area contributed by atoms with E-state index in [1.54, 1.807) is 6.26 Å². The number of hydrogen-bond acceptors (Lipinski definition) is 2. The van der Waals surface area contributed by atoms with Crippen LogP contribution in [0.15, 0.2) is 22.8 Å². The molecule has 0 spiro atoms. The molecule has 1 aromatic rings. The zero-order valence-corrected chi connectivity index (χ0v) is 9.70. The van der Waals surface area contributed by atoms with Gasteiger partial charge in [-0.3, -0.25) is 0 Å². The summed E-state index contributed by atoms with van der Waals surface area (Å²) in [6.45, 7) is 4.44. The minimum atomic E-state index is 0.329. The number of furan rings is 1. The third-order valence-corrected chi connectivity index (χ3v) is 3.42. The molecule has 2 rings (SSSR count). The summed E-state index contributed by atoms with van der Waals surface area (Å²) in [7, 11) is 0. The highest BCUT2D eigenvalue weighted by Gasteiger charge is 2.21. The maximum atomic E-state index is 5.38. The smallest absolute Gasteiger partial charge is 0.120 e. The summed E-state index contributed by atoms with van der Waals surface area (Å²) in [5.41, 5.74) is 0. The highest BCUT2D eigenvalue weighted by atomic mass is 16.3. The summed E-state index contributed by atoms with van der Waals surface area (Å²) in [5, 5.41) is 3.59. The second-order valence-electron chi connectivity index (χ2n) is 4.84. The van der Waals surface area contributed by atoms with Crippen molar-refractivity contribution in [2.75, 3.05) is 0 Å². The van der Waals surface area contributed by atoms with Crippen molar-refractivity contribution in [3.05, 3.63) is 24.2 Å². The Hall–Kier alpha value is -0.760. The van der Waals surface area contributed by atoms with Crippen LogP contribution in [0.3, 0.4) is 0 Å². The fourth-order valence-corrected chi connectivity index (χ4v) is 2.34. The van der Waals surface area contributed by atoms with Crippen LogP contribution in [0, 0.1) is 5.92 Å². The molecule has 84 valence electrons. The first-order chi connectivity index (χ1) is 7.25.